The molecule has 0 aromatic heterocycles. The average molecular weight is 539 g/mol. The molecule has 0 aliphatic heterocycles. The molecule has 0 rings (SSSR count). The largest absolute Gasteiger partial charge is 0.481 e. The van der Waals surface area contributed by atoms with E-state index < -0.39 is 5.97 Å². The molecular weight excluding hydrogens is 472 g/mol. The standard InChI is InChI=1S/C34H66O4/c1-2-3-4-5-6-7-8-9-10-13-16-19-22-25-28-31-34(37)38-32-29-26-23-20-17-14-11-12-15-18-21-24-27-30-33(35)36/h2-32H2,1H3,(H,35,36). The van der Waals surface area contributed by atoms with Gasteiger partial charge in [-0.3, -0.25) is 9.59 Å². The third kappa shape index (κ3) is 33.0. The average Bonchev–Trinajstić information content (AvgIpc) is 2.90. The predicted molar refractivity (Wildman–Crippen MR) is 163 cm³/mol. The summed E-state index contributed by atoms with van der Waals surface area (Å²) in [5.74, 6) is -0.668. The Morgan fingerprint density at radius 3 is 1.05 bits per heavy atom. The summed E-state index contributed by atoms with van der Waals surface area (Å²) in [6, 6.07) is 0. The molecule has 0 unspecified atom stereocenters. The maximum absolute atomic E-state index is 11.9. The van der Waals surface area contributed by atoms with Crippen LogP contribution in [0.25, 0.3) is 0 Å². The number of rotatable bonds is 32. The van der Waals surface area contributed by atoms with Gasteiger partial charge in [0.1, 0.15) is 0 Å². The molecule has 0 fully saturated rings. The predicted octanol–water partition coefficient (Wildman–Crippen LogP) is 11.3. The number of carboxylic acid groups (broad SMARTS) is 1. The number of unbranched alkanes of at least 4 members (excludes halogenated alkanes) is 26. The van der Waals surface area contributed by atoms with Gasteiger partial charge in [0.05, 0.1) is 6.61 Å². The van der Waals surface area contributed by atoms with Gasteiger partial charge < -0.3 is 9.84 Å². The van der Waals surface area contributed by atoms with Gasteiger partial charge in [-0.15, -0.1) is 0 Å². The quantitative estimate of drug-likeness (QED) is 0.0683. The zero-order chi connectivity index (χ0) is 27.8. The second-order valence-corrected chi connectivity index (χ2v) is 11.7. The summed E-state index contributed by atoms with van der Waals surface area (Å²) in [6.07, 6.45) is 36.7. The SMILES string of the molecule is CCCCCCCCCCCCCCCCCC(=O)OCCCCCCCCCCCCCCCC(=O)O. The van der Waals surface area contributed by atoms with Gasteiger partial charge in [-0.05, 0) is 19.3 Å². The molecule has 0 amide bonds. The molecule has 0 atom stereocenters. The van der Waals surface area contributed by atoms with E-state index in [1.54, 1.807) is 0 Å². The number of carboxylic acids is 1. The van der Waals surface area contributed by atoms with Crippen LogP contribution < -0.4 is 0 Å². The Balaban J connectivity index is 3.15. The van der Waals surface area contributed by atoms with Crippen LogP contribution in [0, 0.1) is 0 Å². The number of hydrogen-bond acceptors (Lipinski definition) is 3. The number of esters is 1. The van der Waals surface area contributed by atoms with Gasteiger partial charge in [0.2, 0.25) is 0 Å². The van der Waals surface area contributed by atoms with Crippen molar-refractivity contribution in [1.29, 1.82) is 0 Å². The van der Waals surface area contributed by atoms with E-state index in [0.717, 1.165) is 25.7 Å². The van der Waals surface area contributed by atoms with E-state index >= 15 is 0 Å². The number of ether oxygens (including phenoxy) is 1. The molecule has 4 nitrogen and oxygen atoms in total. The van der Waals surface area contributed by atoms with Crippen LogP contribution in [0.1, 0.15) is 200 Å². The van der Waals surface area contributed by atoms with Crippen LogP contribution in [-0.4, -0.2) is 23.7 Å². The van der Waals surface area contributed by atoms with E-state index in [1.165, 1.54) is 154 Å². The zero-order valence-electron chi connectivity index (χ0n) is 25.6. The Bertz CT molecular complexity index is 491. The Morgan fingerprint density at radius 1 is 0.421 bits per heavy atom. The molecule has 0 saturated heterocycles. The van der Waals surface area contributed by atoms with E-state index in [-0.39, 0.29) is 5.97 Å². The van der Waals surface area contributed by atoms with Crippen molar-refractivity contribution < 1.29 is 19.4 Å². The van der Waals surface area contributed by atoms with E-state index in [0.29, 0.717) is 19.4 Å². The second kappa shape index (κ2) is 32.2. The molecule has 0 bridgehead atoms. The molecule has 38 heavy (non-hydrogen) atoms. The topological polar surface area (TPSA) is 63.6 Å². The fourth-order valence-corrected chi connectivity index (χ4v) is 5.22. The summed E-state index contributed by atoms with van der Waals surface area (Å²) in [6.45, 7) is 2.88. The fourth-order valence-electron chi connectivity index (χ4n) is 5.22. The summed E-state index contributed by atoms with van der Waals surface area (Å²) in [4.78, 5) is 22.4. The fraction of sp³-hybridized carbons (Fsp3) is 0.941. The van der Waals surface area contributed by atoms with Gasteiger partial charge in [0.25, 0.3) is 0 Å². The van der Waals surface area contributed by atoms with Crippen LogP contribution in [0.5, 0.6) is 0 Å². The monoisotopic (exact) mass is 538 g/mol. The smallest absolute Gasteiger partial charge is 0.305 e. The van der Waals surface area contributed by atoms with Crippen molar-refractivity contribution in [3.05, 3.63) is 0 Å². The molecule has 0 aliphatic rings. The third-order valence-corrected chi connectivity index (χ3v) is 7.78. The minimum Gasteiger partial charge on any atom is -0.481 e. The van der Waals surface area contributed by atoms with Crippen LogP contribution >= 0.6 is 0 Å². The minimum absolute atomic E-state index is 0.00146. The van der Waals surface area contributed by atoms with Crippen molar-refractivity contribution in [3.8, 4) is 0 Å². The van der Waals surface area contributed by atoms with E-state index in [2.05, 4.69) is 6.92 Å². The Labute approximate surface area is 237 Å². The summed E-state index contributed by atoms with van der Waals surface area (Å²) in [5, 5.41) is 8.62. The molecule has 0 heterocycles. The summed E-state index contributed by atoms with van der Waals surface area (Å²) < 4.78 is 5.41. The highest BCUT2D eigenvalue weighted by atomic mass is 16.5. The van der Waals surface area contributed by atoms with Crippen molar-refractivity contribution in [2.24, 2.45) is 0 Å². The van der Waals surface area contributed by atoms with Crippen LogP contribution in [0.4, 0.5) is 0 Å². The van der Waals surface area contributed by atoms with Gasteiger partial charge >= 0.3 is 11.9 Å². The second-order valence-electron chi connectivity index (χ2n) is 11.7. The van der Waals surface area contributed by atoms with Crippen molar-refractivity contribution in [2.75, 3.05) is 6.61 Å². The van der Waals surface area contributed by atoms with Gasteiger partial charge in [-0.25, -0.2) is 0 Å². The lowest BCUT2D eigenvalue weighted by molar-refractivity contribution is -0.144. The van der Waals surface area contributed by atoms with E-state index in [1.807, 2.05) is 0 Å². The number of hydrogen-bond donors (Lipinski definition) is 1. The highest BCUT2D eigenvalue weighted by Crippen LogP contribution is 2.15. The zero-order valence-corrected chi connectivity index (χ0v) is 25.6. The first-order valence-corrected chi connectivity index (χ1v) is 17.0. The molecular formula is C34H66O4. The van der Waals surface area contributed by atoms with E-state index in [4.69, 9.17) is 9.84 Å². The first-order valence-electron chi connectivity index (χ1n) is 17.0. The van der Waals surface area contributed by atoms with Crippen LogP contribution in [-0.2, 0) is 14.3 Å². The lowest BCUT2D eigenvalue weighted by Crippen LogP contribution is -2.05. The van der Waals surface area contributed by atoms with Crippen molar-refractivity contribution in [1.82, 2.24) is 0 Å². The van der Waals surface area contributed by atoms with Gasteiger partial charge in [-0.2, -0.15) is 0 Å². The molecule has 4 heteroatoms. The Hall–Kier alpha value is -1.06. The van der Waals surface area contributed by atoms with Gasteiger partial charge in [0, 0.05) is 12.8 Å². The maximum Gasteiger partial charge on any atom is 0.305 e. The first-order chi connectivity index (χ1) is 18.7. The number of carbonyl (C=O) groups is 2. The molecule has 226 valence electrons. The minimum atomic E-state index is -0.670. The van der Waals surface area contributed by atoms with Crippen molar-refractivity contribution >= 4 is 11.9 Å². The summed E-state index contributed by atoms with van der Waals surface area (Å²) in [7, 11) is 0. The summed E-state index contributed by atoms with van der Waals surface area (Å²) in [5.41, 5.74) is 0. The number of carbonyl (C=O) groups excluding carboxylic acids is 1. The van der Waals surface area contributed by atoms with Crippen LogP contribution in [0.2, 0.25) is 0 Å². The first kappa shape index (κ1) is 36.9. The van der Waals surface area contributed by atoms with Crippen molar-refractivity contribution in [3.63, 3.8) is 0 Å². The molecule has 0 spiro atoms. The Morgan fingerprint density at radius 2 is 0.711 bits per heavy atom. The summed E-state index contributed by atoms with van der Waals surface area (Å²) >= 11 is 0. The highest BCUT2D eigenvalue weighted by molar-refractivity contribution is 5.69. The van der Waals surface area contributed by atoms with Gasteiger partial charge in [-0.1, -0.05) is 167 Å². The lowest BCUT2D eigenvalue weighted by Gasteiger charge is -2.06. The van der Waals surface area contributed by atoms with E-state index in [9.17, 15) is 9.59 Å². The highest BCUT2D eigenvalue weighted by Gasteiger charge is 2.03. The van der Waals surface area contributed by atoms with Crippen molar-refractivity contribution in [2.45, 2.75) is 200 Å². The lowest BCUT2D eigenvalue weighted by atomic mass is 10.0. The maximum atomic E-state index is 11.9. The molecule has 1 N–H and O–H groups in total. The normalized spacial score (nSPS) is 11.2. The van der Waals surface area contributed by atoms with Crippen LogP contribution in [0.15, 0.2) is 0 Å². The molecule has 0 aliphatic carbocycles. The number of aliphatic carboxylic acids is 1. The Kier molecular flexibility index (Phi) is 31.3. The molecule has 0 saturated carbocycles. The third-order valence-electron chi connectivity index (χ3n) is 7.78. The van der Waals surface area contributed by atoms with Crippen LogP contribution in [0.3, 0.4) is 0 Å². The van der Waals surface area contributed by atoms with Gasteiger partial charge in [0.15, 0.2) is 0 Å². The molecule has 0 radical (unpaired) electrons. The molecule has 0 aromatic rings. The molecule has 0 aromatic carbocycles.